The van der Waals surface area contributed by atoms with E-state index in [-0.39, 0.29) is 6.04 Å². The zero-order valence-corrected chi connectivity index (χ0v) is 11.7. The maximum atomic E-state index is 5.92. The first-order chi connectivity index (χ1) is 9.69. The Morgan fingerprint density at radius 2 is 1.85 bits per heavy atom. The molecule has 3 rings (SSSR count). The molecule has 2 aromatic carbocycles. The summed E-state index contributed by atoms with van der Waals surface area (Å²) >= 11 is 0. The molecule has 1 heterocycles. The van der Waals surface area contributed by atoms with Crippen LogP contribution in [0.2, 0.25) is 0 Å². The maximum absolute atomic E-state index is 5.92. The van der Waals surface area contributed by atoms with Gasteiger partial charge in [0.1, 0.15) is 17.4 Å². The summed E-state index contributed by atoms with van der Waals surface area (Å²) < 4.78 is 5.92. The van der Waals surface area contributed by atoms with Gasteiger partial charge in [0, 0.05) is 5.39 Å². The van der Waals surface area contributed by atoms with Crippen LogP contribution in [0.4, 0.5) is 0 Å². The van der Waals surface area contributed by atoms with Gasteiger partial charge in [0.05, 0.1) is 0 Å². The lowest BCUT2D eigenvalue weighted by Gasteiger charge is -2.16. The minimum atomic E-state index is -0.136. The van der Waals surface area contributed by atoms with Gasteiger partial charge in [-0.05, 0) is 37.1 Å². The van der Waals surface area contributed by atoms with Crippen LogP contribution in [-0.4, -0.2) is 0 Å². The second-order valence-corrected chi connectivity index (χ2v) is 5.15. The van der Waals surface area contributed by atoms with Crippen molar-refractivity contribution in [2.45, 2.75) is 19.9 Å². The van der Waals surface area contributed by atoms with Crippen LogP contribution >= 0.6 is 0 Å². The van der Waals surface area contributed by atoms with Gasteiger partial charge in [0.25, 0.3) is 0 Å². The van der Waals surface area contributed by atoms with E-state index in [0.717, 1.165) is 22.3 Å². The molecule has 0 fully saturated rings. The van der Waals surface area contributed by atoms with E-state index in [1.165, 1.54) is 11.1 Å². The molecule has 0 radical (unpaired) electrons. The van der Waals surface area contributed by atoms with Gasteiger partial charge in [0.15, 0.2) is 0 Å². The third-order valence-electron chi connectivity index (χ3n) is 3.63. The lowest BCUT2D eigenvalue weighted by Crippen LogP contribution is -2.29. The number of hydrazine groups is 1. The molecule has 0 aliphatic heterocycles. The van der Waals surface area contributed by atoms with Gasteiger partial charge in [-0.15, -0.1) is 0 Å². The molecule has 3 aromatic rings. The molecular weight excluding hydrogens is 248 g/mol. The molecule has 0 saturated heterocycles. The number of rotatable bonds is 3. The van der Waals surface area contributed by atoms with Crippen LogP contribution in [0.3, 0.4) is 0 Å². The molecule has 102 valence electrons. The largest absolute Gasteiger partial charge is 0.459 e. The lowest BCUT2D eigenvalue weighted by molar-refractivity contribution is 0.476. The smallest absolute Gasteiger partial charge is 0.134 e. The molecule has 3 nitrogen and oxygen atoms in total. The van der Waals surface area contributed by atoms with Gasteiger partial charge in [0.2, 0.25) is 0 Å². The Hall–Kier alpha value is -2.10. The standard InChI is InChI=1S/C17H18N2O/c1-11-7-8-14(12(2)9-11)17(19-18)16-10-13-5-3-4-6-15(13)20-16/h3-10,17,19H,18H2,1-2H3. The van der Waals surface area contributed by atoms with Gasteiger partial charge in [-0.3, -0.25) is 5.84 Å². The number of hydrogen-bond acceptors (Lipinski definition) is 3. The number of fused-ring (bicyclic) bond motifs is 1. The van der Waals surface area contributed by atoms with E-state index in [1.807, 2.05) is 30.3 Å². The topological polar surface area (TPSA) is 51.2 Å². The Morgan fingerprint density at radius 1 is 1.05 bits per heavy atom. The molecule has 3 N–H and O–H groups in total. The van der Waals surface area contributed by atoms with Gasteiger partial charge in [-0.2, -0.15) is 0 Å². The fourth-order valence-electron chi connectivity index (χ4n) is 2.62. The van der Waals surface area contributed by atoms with Crippen molar-refractivity contribution in [1.29, 1.82) is 0 Å². The number of furan rings is 1. The second kappa shape index (κ2) is 5.12. The van der Waals surface area contributed by atoms with E-state index in [1.54, 1.807) is 0 Å². The average Bonchev–Trinajstić information content (AvgIpc) is 2.85. The Kier molecular flexibility index (Phi) is 3.30. The van der Waals surface area contributed by atoms with Crippen molar-refractivity contribution in [2.75, 3.05) is 0 Å². The summed E-state index contributed by atoms with van der Waals surface area (Å²) in [4.78, 5) is 0. The van der Waals surface area contributed by atoms with E-state index in [4.69, 9.17) is 10.3 Å². The van der Waals surface area contributed by atoms with Crippen molar-refractivity contribution in [3.8, 4) is 0 Å². The summed E-state index contributed by atoms with van der Waals surface area (Å²) in [5.41, 5.74) is 7.32. The number of para-hydroxylation sites is 1. The maximum Gasteiger partial charge on any atom is 0.134 e. The van der Waals surface area contributed by atoms with Crippen LogP contribution in [0, 0.1) is 13.8 Å². The molecule has 0 spiro atoms. The van der Waals surface area contributed by atoms with Crippen molar-refractivity contribution in [3.05, 3.63) is 71.0 Å². The van der Waals surface area contributed by atoms with Crippen molar-refractivity contribution in [1.82, 2.24) is 5.43 Å². The molecule has 0 bridgehead atoms. The summed E-state index contributed by atoms with van der Waals surface area (Å²) in [5.74, 6) is 6.59. The van der Waals surface area contributed by atoms with Gasteiger partial charge in [-0.1, -0.05) is 42.0 Å². The molecule has 0 amide bonds. The van der Waals surface area contributed by atoms with Crippen LogP contribution in [0.15, 0.2) is 52.9 Å². The van der Waals surface area contributed by atoms with E-state index in [2.05, 4.69) is 37.5 Å². The van der Waals surface area contributed by atoms with Gasteiger partial charge < -0.3 is 4.42 Å². The zero-order chi connectivity index (χ0) is 14.1. The number of hydrogen-bond donors (Lipinski definition) is 2. The molecule has 1 unspecified atom stereocenters. The molecule has 1 atom stereocenters. The fraction of sp³-hybridized carbons (Fsp3) is 0.176. The number of nitrogens with one attached hydrogen (secondary N) is 1. The Labute approximate surface area is 118 Å². The lowest BCUT2D eigenvalue weighted by atomic mass is 9.98. The first-order valence-corrected chi connectivity index (χ1v) is 6.71. The van der Waals surface area contributed by atoms with Crippen LogP contribution in [-0.2, 0) is 0 Å². The summed E-state index contributed by atoms with van der Waals surface area (Å²) in [5, 5.41) is 1.09. The first kappa shape index (κ1) is 12.9. The Bertz CT molecular complexity index is 713. The molecular formula is C17H18N2O. The molecule has 20 heavy (non-hydrogen) atoms. The third-order valence-corrected chi connectivity index (χ3v) is 3.63. The highest BCUT2D eigenvalue weighted by Gasteiger charge is 2.18. The van der Waals surface area contributed by atoms with E-state index in [9.17, 15) is 0 Å². The molecule has 0 aliphatic carbocycles. The highest BCUT2D eigenvalue weighted by Crippen LogP contribution is 2.29. The quantitative estimate of drug-likeness (QED) is 0.562. The first-order valence-electron chi connectivity index (χ1n) is 6.71. The average molecular weight is 266 g/mol. The normalized spacial score (nSPS) is 12.8. The summed E-state index contributed by atoms with van der Waals surface area (Å²) in [7, 11) is 0. The SMILES string of the molecule is Cc1ccc(C(NN)c2cc3ccccc3o2)c(C)c1. The highest BCUT2D eigenvalue weighted by atomic mass is 16.3. The zero-order valence-electron chi connectivity index (χ0n) is 11.7. The Morgan fingerprint density at radius 3 is 2.55 bits per heavy atom. The van der Waals surface area contributed by atoms with Crippen molar-refractivity contribution in [2.24, 2.45) is 5.84 Å². The number of benzene rings is 2. The van der Waals surface area contributed by atoms with Crippen LogP contribution in [0.1, 0.15) is 28.5 Å². The van der Waals surface area contributed by atoms with Gasteiger partial charge >= 0.3 is 0 Å². The third kappa shape index (κ3) is 2.22. The fourth-order valence-corrected chi connectivity index (χ4v) is 2.62. The second-order valence-electron chi connectivity index (χ2n) is 5.15. The van der Waals surface area contributed by atoms with Gasteiger partial charge in [-0.25, -0.2) is 5.43 Å². The predicted octanol–water partition coefficient (Wildman–Crippen LogP) is 3.60. The van der Waals surface area contributed by atoms with Crippen LogP contribution in [0.5, 0.6) is 0 Å². The predicted molar refractivity (Wildman–Crippen MR) is 81.3 cm³/mol. The minimum absolute atomic E-state index is 0.136. The van der Waals surface area contributed by atoms with E-state index < -0.39 is 0 Å². The highest BCUT2D eigenvalue weighted by molar-refractivity contribution is 5.78. The number of aryl methyl sites for hydroxylation is 2. The van der Waals surface area contributed by atoms with Crippen molar-refractivity contribution in [3.63, 3.8) is 0 Å². The molecule has 0 aliphatic rings. The van der Waals surface area contributed by atoms with Crippen LogP contribution < -0.4 is 11.3 Å². The van der Waals surface area contributed by atoms with Crippen molar-refractivity contribution < 1.29 is 4.42 Å². The van der Waals surface area contributed by atoms with E-state index >= 15 is 0 Å². The van der Waals surface area contributed by atoms with E-state index in [0.29, 0.717) is 0 Å². The number of nitrogens with two attached hydrogens (primary N) is 1. The van der Waals surface area contributed by atoms with Crippen LogP contribution in [0.25, 0.3) is 11.0 Å². The summed E-state index contributed by atoms with van der Waals surface area (Å²) in [6, 6.07) is 16.2. The summed E-state index contributed by atoms with van der Waals surface area (Å²) in [6.45, 7) is 4.18. The molecule has 3 heteroatoms. The van der Waals surface area contributed by atoms with Crippen molar-refractivity contribution >= 4 is 11.0 Å². The summed E-state index contributed by atoms with van der Waals surface area (Å²) in [6.07, 6.45) is 0. The Balaban J connectivity index is 2.08. The monoisotopic (exact) mass is 266 g/mol. The molecule has 1 aromatic heterocycles. The molecule has 0 saturated carbocycles. The minimum Gasteiger partial charge on any atom is -0.459 e.